The van der Waals surface area contributed by atoms with E-state index < -0.39 is 18.5 Å². The van der Waals surface area contributed by atoms with Gasteiger partial charge in [-0.25, -0.2) is 4.79 Å². The third kappa shape index (κ3) is 6.65. The number of aliphatic hydroxyl groups is 1. The van der Waals surface area contributed by atoms with E-state index in [0.29, 0.717) is 17.7 Å². The van der Waals surface area contributed by atoms with E-state index in [-0.39, 0.29) is 30.7 Å². The first kappa shape index (κ1) is 24.1. The lowest BCUT2D eigenvalue weighted by Gasteiger charge is -2.28. The number of hydrogen-bond acceptors (Lipinski definition) is 5. The van der Waals surface area contributed by atoms with Gasteiger partial charge in [-0.15, -0.1) is 0 Å². The Labute approximate surface area is 183 Å². The minimum absolute atomic E-state index is 0.123. The number of ether oxygens (including phenoxy) is 1. The van der Waals surface area contributed by atoms with Gasteiger partial charge in [0.2, 0.25) is 5.91 Å². The van der Waals surface area contributed by atoms with Crippen LogP contribution >= 0.6 is 0 Å². The molecule has 7 nitrogen and oxygen atoms in total. The topological polar surface area (TPSA) is 95.9 Å². The van der Waals surface area contributed by atoms with Gasteiger partial charge < -0.3 is 20.1 Å². The summed E-state index contributed by atoms with van der Waals surface area (Å²) in [5, 5.41) is 11.9. The summed E-state index contributed by atoms with van der Waals surface area (Å²) in [6.45, 7) is 6.94. The summed E-state index contributed by atoms with van der Waals surface area (Å²) in [4.78, 5) is 39.0. The SMILES string of the molecule is CC[C@@H](C)N(CC(=O)Nc1cccc(C)c1C)C(=O)COC(=O)c1ccc(CO)cc1. The number of nitrogens with zero attached hydrogens (tertiary/aromatic N) is 1. The van der Waals surface area contributed by atoms with Gasteiger partial charge in [-0.05, 0) is 62.1 Å². The van der Waals surface area contributed by atoms with Crippen molar-refractivity contribution < 1.29 is 24.2 Å². The van der Waals surface area contributed by atoms with Crippen LogP contribution in [0.15, 0.2) is 42.5 Å². The zero-order valence-electron chi connectivity index (χ0n) is 18.5. The summed E-state index contributed by atoms with van der Waals surface area (Å²) in [5.74, 6) is -1.39. The van der Waals surface area contributed by atoms with Crippen molar-refractivity contribution >= 4 is 23.5 Å². The van der Waals surface area contributed by atoms with E-state index >= 15 is 0 Å². The van der Waals surface area contributed by atoms with Gasteiger partial charge in [0.25, 0.3) is 5.91 Å². The second-order valence-corrected chi connectivity index (χ2v) is 7.51. The number of hydrogen-bond donors (Lipinski definition) is 2. The second kappa shape index (κ2) is 11.3. The molecule has 2 aromatic carbocycles. The summed E-state index contributed by atoms with van der Waals surface area (Å²) in [7, 11) is 0. The van der Waals surface area contributed by atoms with E-state index in [1.165, 1.54) is 17.0 Å². The van der Waals surface area contributed by atoms with Crippen LogP contribution in [-0.4, -0.2) is 47.0 Å². The fraction of sp³-hybridized carbons (Fsp3) is 0.375. The molecule has 0 fully saturated rings. The molecule has 0 spiro atoms. The van der Waals surface area contributed by atoms with Crippen LogP contribution in [0.3, 0.4) is 0 Å². The number of aliphatic hydroxyl groups excluding tert-OH is 1. The highest BCUT2D eigenvalue weighted by Gasteiger charge is 2.23. The quantitative estimate of drug-likeness (QED) is 0.600. The third-order valence-corrected chi connectivity index (χ3v) is 5.33. The molecule has 0 aliphatic heterocycles. The van der Waals surface area contributed by atoms with Crippen molar-refractivity contribution in [1.82, 2.24) is 4.90 Å². The predicted molar refractivity (Wildman–Crippen MR) is 119 cm³/mol. The first-order valence-corrected chi connectivity index (χ1v) is 10.3. The van der Waals surface area contributed by atoms with Crippen molar-refractivity contribution in [1.29, 1.82) is 0 Å². The van der Waals surface area contributed by atoms with Gasteiger partial charge in [0.15, 0.2) is 6.61 Å². The van der Waals surface area contributed by atoms with Gasteiger partial charge >= 0.3 is 5.97 Å². The number of carbonyl (C=O) groups excluding carboxylic acids is 3. The molecule has 0 heterocycles. The number of anilines is 1. The monoisotopic (exact) mass is 426 g/mol. The number of amides is 2. The first-order chi connectivity index (χ1) is 14.8. The van der Waals surface area contributed by atoms with Crippen molar-refractivity contribution in [2.75, 3.05) is 18.5 Å². The average molecular weight is 427 g/mol. The lowest BCUT2D eigenvalue weighted by Crippen LogP contribution is -2.45. The number of nitrogens with one attached hydrogen (secondary N) is 1. The smallest absolute Gasteiger partial charge is 0.338 e. The molecule has 0 aromatic heterocycles. The molecule has 2 rings (SSSR count). The second-order valence-electron chi connectivity index (χ2n) is 7.51. The average Bonchev–Trinajstić information content (AvgIpc) is 2.78. The van der Waals surface area contributed by atoms with Gasteiger partial charge in [-0.2, -0.15) is 0 Å². The van der Waals surface area contributed by atoms with Crippen LogP contribution in [0.5, 0.6) is 0 Å². The van der Waals surface area contributed by atoms with Crippen LogP contribution in [0.4, 0.5) is 5.69 Å². The number of benzene rings is 2. The van der Waals surface area contributed by atoms with E-state index in [2.05, 4.69) is 5.32 Å². The van der Waals surface area contributed by atoms with Gasteiger partial charge in [0, 0.05) is 11.7 Å². The van der Waals surface area contributed by atoms with Gasteiger partial charge in [0.05, 0.1) is 12.2 Å². The molecule has 2 aromatic rings. The van der Waals surface area contributed by atoms with Crippen molar-refractivity contribution in [3.05, 3.63) is 64.7 Å². The Morgan fingerprint density at radius 1 is 1.10 bits per heavy atom. The maximum absolute atomic E-state index is 12.7. The summed E-state index contributed by atoms with van der Waals surface area (Å²) in [5.41, 5.74) is 3.70. The molecule has 1 atom stereocenters. The van der Waals surface area contributed by atoms with E-state index in [0.717, 1.165) is 11.1 Å². The fourth-order valence-corrected chi connectivity index (χ4v) is 2.98. The third-order valence-electron chi connectivity index (χ3n) is 5.33. The zero-order valence-corrected chi connectivity index (χ0v) is 18.5. The Morgan fingerprint density at radius 2 is 1.77 bits per heavy atom. The standard InChI is InChI=1S/C24H30N2O5/c1-5-17(3)26(13-22(28)25-21-8-6-7-16(2)18(21)4)23(29)15-31-24(30)20-11-9-19(14-27)10-12-20/h6-12,17,27H,5,13-15H2,1-4H3,(H,25,28)/t17-/m1/s1. The minimum Gasteiger partial charge on any atom is -0.452 e. The van der Waals surface area contributed by atoms with Crippen molar-refractivity contribution in [2.24, 2.45) is 0 Å². The molecule has 2 amide bonds. The first-order valence-electron chi connectivity index (χ1n) is 10.3. The molecule has 166 valence electrons. The zero-order chi connectivity index (χ0) is 23.0. The number of esters is 1. The van der Waals surface area contributed by atoms with E-state index in [1.54, 1.807) is 12.1 Å². The van der Waals surface area contributed by atoms with Gasteiger partial charge in [-0.1, -0.05) is 31.2 Å². The molecular formula is C24H30N2O5. The van der Waals surface area contributed by atoms with E-state index in [1.807, 2.05) is 45.9 Å². The number of rotatable bonds is 9. The highest BCUT2D eigenvalue weighted by atomic mass is 16.5. The highest BCUT2D eigenvalue weighted by Crippen LogP contribution is 2.18. The summed E-state index contributed by atoms with van der Waals surface area (Å²) in [6.07, 6.45) is 0.652. The Kier molecular flexibility index (Phi) is 8.75. The molecule has 0 saturated heterocycles. The van der Waals surface area contributed by atoms with Crippen molar-refractivity contribution in [3.63, 3.8) is 0 Å². The molecule has 0 aliphatic carbocycles. The van der Waals surface area contributed by atoms with Crippen LogP contribution in [-0.2, 0) is 20.9 Å². The highest BCUT2D eigenvalue weighted by molar-refractivity contribution is 5.96. The molecule has 0 unspecified atom stereocenters. The van der Waals surface area contributed by atoms with Crippen molar-refractivity contribution in [3.8, 4) is 0 Å². The molecule has 31 heavy (non-hydrogen) atoms. The van der Waals surface area contributed by atoms with E-state index in [4.69, 9.17) is 9.84 Å². The summed E-state index contributed by atoms with van der Waals surface area (Å²) in [6, 6.07) is 11.7. The Bertz CT molecular complexity index is 924. The maximum atomic E-state index is 12.7. The molecule has 7 heteroatoms. The molecule has 0 saturated carbocycles. The van der Waals surface area contributed by atoms with Crippen LogP contribution in [0.1, 0.15) is 47.3 Å². The van der Waals surface area contributed by atoms with Crippen LogP contribution in [0.25, 0.3) is 0 Å². The fourth-order valence-electron chi connectivity index (χ4n) is 2.98. The number of carbonyl (C=O) groups is 3. The Balaban J connectivity index is 2.00. The van der Waals surface area contributed by atoms with Crippen LogP contribution in [0.2, 0.25) is 0 Å². The largest absolute Gasteiger partial charge is 0.452 e. The Morgan fingerprint density at radius 3 is 2.39 bits per heavy atom. The van der Waals surface area contributed by atoms with Crippen molar-refractivity contribution in [2.45, 2.75) is 46.8 Å². The molecular weight excluding hydrogens is 396 g/mol. The minimum atomic E-state index is -0.637. The Hall–Kier alpha value is -3.19. The molecule has 2 N–H and O–H groups in total. The van der Waals surface area contributed by atoms with E-state index in [9.17, 15) is 14.4 Å². The molecule has 0 radical (unpaired) electrons. The van der Waals surface area contributed by atoms with Gasteiger partial charge in [0.1, 0.15) is 6.54 Å². The molecule has 0 aliphatic rings. The van der Waals surface area contributed by atoms with Crippen LogP contribution in [0, 0.1) is 13.8 Å². The molecule has 0 bridgehead atoms. The lowest BCUT2D eigenvalue weighted by atomic mass is 10.1. The lowest BCUT2D eigenvalue weighted by molar-refractivity contribution is -0.139. The summed E-state index contributed by atoms with van der Waals surface area (Å²) < 4.78 is 5.15. The summed E-state index contributed by atoms with van der Waals surface area (Å²) >= 11 is 0. The number of aryl methyl sites for hydroxylation is 1. The van der Waals surface area contributed by atoms with Gasteiger partial charge in [-0.3, -0.25) is 9.59 Å². The van der Waals surface area contributed by atoms with Crippen LogP contribution < -0.4 is 5.32 Å². The maximum Gasteiger partial charge on any atom is 0.338 e. The normalized spacial score (nSPS) is 11.5. The predicted octanol–water partition coefficient (Wildman–Crippen LogP) is 3.22.